The molecule has 0 aliphatic carbocycles. The van der Waals surface area contributed by atoms with Crippen LogP contribution in [0.5, 0.6) is 0 Å². The quantitative estimate of drug-likeness (QED) is 0.705. The molecule has 1 fully saturated rings. The van der Waals surface area contributed by atoms with Crippen LogP contribution in [0.2, 0.25) is 0 Å². The second-order valence-corrected chi connectivity index (χ2v) is 3.58. The largest absolute Gasteiger partial charge is 0.449 e. The standard InChI is InChI=1S/C11H18N2O2.C2H6/c1-3-5-12-6-8-13(9-7-12)11(14)15-10-4-2;1-2/h1H,4-10H2,2H3;1-2H3. The lowest BCUT2D eigenvalue weighted by Gasteiger charge is -2.32. The molecule has 0 saturated carbocycles. The molecule has 4 heteroatoms. The molecule has 1 heterocycles. The van der Waals surface area contributed by atoms with Gasteiger partial charge in [0.05, 0.1) is 13.2 Å². The number of hydrogen-bond donors (Lipinski definition) is 0. The molecule has 0 bridgehead atoms. The summed E-state index contributed by atoms with van der Waals surface area (Å²) in [5, 5.41) is 0. The van der Waals surface area contributed by atoms with Crippen LogP contribution in [0.25, 0.3) is 0 Å². The van der Waals surface area contributed by atoms with Crippen molar-refractivity contribution in [2.75, 3.05) is 39.3 Å². The topological polar surface area (TPSA) is 32.8 Å². The van der Waals surface area contributed by atoms with Crippen LogP contribution in [0.4, 0.5) is 4.79 Å². The third-order valence-corrected chi connectivity index (χ3v) is 2.38. The lowest BCUT2D eigenvalue weighted by atomic mass is 10.3. The molecule has 1 aliphatic rings. The predicted molar refractivity (Wildman–Crippen MR) is 69.8 cm³/mol. The number of nitrogens with zero attached hydrogens (tertiary/aromatic N) is 2. The highest BCUT2D eigenvalue weighted by molar-refractivity contribution is 5.67. The fraction of sp³-hybridized carbons (Fsp3) is 0.769. The number of piperazine rings is 1. The average Bonchev–Trinajstić information content (AvgIpc) is 2.39. The Kier molecular flexibility index (Phi) is 9.27. The van der Waals surface area contributed by atoms with Crippen molar-refractivity contribution in [2.45, 2.75) is 27.2 Å². The number of rotatable bonds is 3. The van der Waals surface area contributed by atoms with E-state index in [1.165, 1.54) is 0 Å². The van der Waals surface area contributed by atoms with Gasteiger partial charge in [-0.05, 0) is 6.42 Å². The normalized spacial score (nSPS) is 15.5. The van der Waals surface area contributed by atoms with Crippen LogP contribution in [0, 0.1) is 12.3 Å². The molecule has 98 valence electrons. The van der Waals surface area contributed by atoms with Crippen LogP contribution in [-0.2, 0) is 4.74 Å². The first kappa shape index (κ1) is 15.8. The second-order valence-electron chi connectivity index (χ2n) is 3.58. The van der Waals surface area contributed by atoms with Gasteiger partial charge in [0.1, 0.15) is 0 Å². The zero-order chi connectivity index (χ0) is 13.1. The fourth-order valence-corrected chi connectivity index (χ4v) is 1.50. The van der Waals surface area contributed by atoms with Crippen molar-refractivity contribution in [3.05, 3.63) is 0 Å². The molecule has 0 aromatic carbocycles. The highest BCUT2D eigenvalue weighted by Crippen LogP contribution is 2.03. The van der Waals surface area contributed by atoms with Gasteiger partial charge in [-0.3, -0.25) is 4.90 Å². The van der Waals surface area contributed by atoms with Crippen molar-refractivity contribution in [3.8, 4) is 12.3 Å². The molecule has 0 aromatic rings. The van der Waals surface area contributed by atoms with Crippen LogP contribution >= 0.6 is 0 Å². The molecule has 0 spiro atoms. The zero-order valence-electron chi connectivity index (χ0n) is 11.2. The average molecular weight is 240 g/mol. The molecule has 4 nitrogen and oxygen atoms in total. The van der Waals surface area contributed by atoms with Crippen molar-refractivity contribution in [1.29, 1.82) is 0 Å². The predicted octanol–water partition coefficient (Wildman–Crippen LogP) is 1.81. The zero-order valence-corrected chi connectivity index (χ0v) is 11.2. The van der Waals surface area contributed by atoms with Crippen LogP contribution in [-0.4, -0.2) is 55.2 Å². The maximum absolute atomic E-state index is 11.5. The van der Waals surface area contributed by atoms with Gasteiger partial charge in [-0.1, -0.05) is 26.7 Å². The Morgan fingerprint density at radius 1 is 1.29 bits per heavy atom. The molecule has 1 amide bonds. The summed E-state index contributed by atoms with van der Waals surface area (Å²) >= 11 is 0. The monoisotopic (exact) mass is 240 g/mol. The number of carbonyl (C=O) groups is 1. The van der Waals surface area contributed by atoms with Crippen molar-refractivity contribution in [1.82, 2.24) is 9.80 Å². The van der Waals surface area contributed by atoms with E-state index < -0.39 is 0 Å². The SMILES string of the molecule is C#CCN1CCN(C(=O)OCCC)CC1.CC. The Hall–Kier alpha value is -1.21. The molecule has 1 rings (SSSR count). The van der Waals surface area contributed by atoms with Crippen molar-refractivity contribution in [2.24, 2.45) is 0 Å². The van der Waals surface area contributed by atoms with Crippen molar-refractivity contribution < 1.29 is 9.53 Å². The number of amides is 1. The molecule has 17 heavy (non-hydrogen) atoms. The lowest BCUT2D eigenvalue weighted by molar-refractivity contribution is 0.0794. The second kappa shape index (κ2) is 9.98. The van der Waals surface area contributed by atoms with E-state index in [1.54, 1.807) is 4.90 Å². The Balaban J connectivity index is 0.00000121. The maximum Gasteiger partial charge on any atom is 0.409 e. The van der Waals surface area contributed by atoms with E-state index in [0.717, 1.165) is 19.5 Å². The van der Waals surface area contributed by atoms with Gasteiger partial charge in [0.25, 0.3) is 0 Å². The molecule has 1 aliphatic heterocycles. The number of carbonyl (C=O) groups excluding carboxylic acids is 1. The highest BCUT2D eigenvalue weighted by atomic mass is 16.6. The van der Waals surface area contributed by atoms with Gasteiger partial charge in [-0.2, -0.15) is 0 Å². The molecule has 0 N–H and O–H groups in total. The third-order valence-electron chi connectivity index (χ3n) is 2.38. The lowest BCUT2D eigenvalue weighted by Crippen LogP contribution is -2.48. The molecular formula is C13H24N2O2. The van der Waals surface area contributed by atoms with E-state index in [1.807, 2.05) is 20.8 Å². The van der Waals surface area contributed by atoms with E-state index in [-0.39, 0.29) is 6.09 Å². The summed E-state index contributed by atoms with van der Waals surface area (Å²) in [4.78, 5) is 15.4. The van der Waals surface area contributed by atoms with Gasteiger partial charge in [-0.15, -0.1) is 6.42 Å². The first-order valence-electron chi connectivity index (χ1n) is 6.35. The Labute approximate surface area is 105 Å². The Morgan fingerprint density at radius 3 is 2.35 bits per heavy atom. The summed E-state index contributed by atoms with van der Waals surface area (Å²) in [6.07, 6.45) is 5.89. The van der Waals surface area contributed by atoms with Crippen LogP contribution in [0.1, 0.15) is 27.2 Å². The summed E-state index contributed by atoms with van der Waals surface area (Å²) in [6.45, 7) is 10.3. The minimum atomic E-state index is -0.197. The summed E-state index contributed by atoms with van der Waals surface area (Å²) < 4.78 is 5.05. The minimum absolute atomic E-state index is 0.197. The van der Waals surface area contributed by atoms with E-state index in [9.17, 15) is 4.79 Å². The highest BCUT2D eigenvalue weighted by Gasteiger charge is 2.20. The van der Waals surface area contributed by atoms with Gasteiger partial charge in [-0.25, -0.2) is 4.79 Å². The maximum atomic E-state index is 11.5. The van der Waals surface area contributed by atoms with Crippen molar-refractivity contribution >= 4 is 6.09 Å². The number of hydrogen-bond acceptors (Lipinski definition) is 3. The summed E-state index contributed by atoms with van der Waals surface area (Å²) in [5.74, 6) is 2.61. The van der Waals surface area contributed by atoms with Gasteiger partial charge in [0.2, 0.25) is 0 Å². The van der Waals surface area contributed by atoms with E-state index in [2.05, 4.69) is 10.8 Å². The van der Waals surface area contributed by atoms with Crippen LogP contribution in [0.15, 0.2) is 0 Å². The molecule has 1 saturated heterocycles. The molecular weight excluding hydrogens is 216 g/mol. The smallest absolute Gasteiger partial charge is 0.409 e. The van der Waals surface area contributed by atoms with Crippen LogP contribution in [0.3, 0.4) is 0 Å². The number of terminal acetylenes is 1. The van der Waals surface area contributed by atoms with Crippen LogP contribution < -0.4 is 0 Å². The van der Waals surface area contributed by atoms with Gasteiger partial charge in [0.15, 0.2) is 0 Å². The van der Waals surface area contributed by atoms with E-state index in [0.29, 0.717) is 26.2 Å². The third kappa shape index (κ3) is 6.18. The number of ether oxygens (including phenoxy) is 1. The Morgan fingerprint density at radius 2 is 1.88 bits per heavy atom. The fourth-order valence-electron chi connectivity index (χ4n) is 1.50. The van der Waals surface area contributed by atoms with Crippen molar-refractivity contribution in [3.63, 3.8) is 0 Å². The molecule has 0 aromatic heterocycles. The van der Waals surface area contributed by atoms with Gasteiger partial charge < -0.3 is 9.64 Å². The van der Waals surface area contributed by atoms with E-state index in [4.69, 9.17) is 11.2 Å². The summed E-state index contributed by atoms with van der Waals surface area (Å²) in [6, 6.07) is 0. The summed E-state index contributed by atoms with van der Waals surface area (Å²) in [7, 11) is 0. The molecule has 0 unspecified atom stereocenters. The van der Waals surface area contributed by atoms with Gasteiger partial charge in [0, 0.05) is 26.2 Å². The first-order chi connectivity index (χ1) is 8.27. The minimum Gasteiger partial charge on any atom is -0.449 e. The van der Waals surface area contributed by atoms with E-state index >= 15 is 0 Å². The first-order valence-corrected chi connectivity index (χ1v) is 6.35. The molecule has 0 radical (unpaired) electrons. The van der Waals surface area contributed by atoms with Gasteiger partial charge >= 0.3 is 6.09 Å². The molecule has 0 atom stereocenters. The Bertz CT molecular complexity index is 240. The summed E-state index contributed by atoms with van der Waals surface area (Å²) in [5.41, 5.74) is 0.